The highest BCUT2D eigenvalue weighted by molar-refractivity contribution is 6.09. The predicted octanol–water partition coefficient (Wildman–Crippen LogP) is 5.71. The van der Waals surface area contributed by atoms with Gasteiger partial charge in [-0.25, -0.2) is 8.78 Å². The fourth-order valence-electron chi connectivity index (χ4n) is 2.98. The first-order valence-corrected chi connectivity index (χ1v) is 8.34. The smallest absolute Gasteiger partial charge is 0.193 e. The quantitative estimate of drug-likeness (QED) is 0.412. The lowest BCUT2D eigenvalue weighted by molar-refractivity contribution is 0.103. The van der Waals surface area contributed by atoms with Gasteiger partial charge in [0.1, 0.15) is 11.6 Å². The van der Waals surface area contributed by atoms with Gasteiger partial charge >= 0.3 is 0 Å². The number of rotatable bonds is 6. The van der Waals surface area contributed by atoms with Crippen molar-refractivity contribution in [2.24, 2.45) is 0 Å². The Bertz CT molecular complexity index is 915. The van der Waals surface area contributed by atoms with Gasteiger partial charge in [-0.3, -0.25) is 4.79 Å². The molecule has 0 spiro atoms. The van der Waals surface area contributed by atoms with Crippen LogP contribution in [0.4, 0.5) is 8.78 Å². The molecule has 1 unspecified atom stereocenters. The minimum atomic E-state index is -0.406. The second kappa shape index (κ2) is 7.87. The third-order valence-electron chi connectivity index (χ3n) is 4.37. The van der Waals surface area contributed by atoms with Crippen molar-refractivity contribution in [2.75, 3.05) is 0 Å². The highest BCUT2D eigenvalue weighted by Crippen LogP contribution is 2.26. The zero-order valence-corrected chi connectivity index (χ0v) is 14.2. The van der Waals surface area contributed by atoms with E-state index in [-0.39, 0.29) is 11.7 Å². The second-order valence-electron chi connectivity index (χ2n) is 6.09. The largest absolute Gasteiger partial charge is 0.289 e. The van der Waals surface area contributed by atoms with Crippen LogP contribution in [0.25, 0.3) is 0 Å². The van der Waals surface area contributed by atoms with E-state index in [2.05, 4.69) is 6.58 Å². The third kappa shape index (κ3) is 3.94. The zero-order valence-electron chi connectivity index (χ0n) is 14.2. The molecule has 0 aliphatic carbocycles. The maximum absolute atomic E-state index is 13.8. The standard InChI is InChI=1S/C23H18F2O/c1-2-16(17-6-4-3-5-7-17)14-19-15-21(25)12-13-22(19)23(26)18-8-10-20(24)11-9-18/h2-13,15-16H,1,14H2. The molecule has 0 saturated heterocycles. The van der Waals surface area contributed by atoms with Gasteiger partial charge in [0, 0.05) is 17.0 Å². The van der Waals surface area contributed by atoms with Crippen LogP contribution in [0.1, 0.15) is 33.0 Å². The summed E-state index contributed by atoms with van der Waals surface area (Å²) in [6, 6.07) is 19.3. The molecule has 0 aromatic heterocycles. The van der Waals surface area contributed by atoms with Crippen molar-refractivity contribution in [1.29, 1.82) is 0 Å². The van der Waals surface area contributed by atoms with Gasteiger partial charge in [-0.15, -0.1) is 6.58 Å². The normalized spacial score (nSPS) is 11.8. The minimum absolute atomic E-state index is 0.0437. The van der Waals surface area contributed by atoms with Crippen molar-refractivity contribution in [3.8, 4) is 0 Å². The van der Waals surface area contributed by atoms with Gasteiger partial charge in [-0.05, 0) is 60.0 Å². The van der Waals surface area contributed by atoms with E-state index < -0.39 is 11.6 Å². The number of ketones is 1. The van der Waals surface area contributed by atoms with Gasteiger partial charge in [0.25, 0.3) is 0 Å². The molecule has 0 amide bonds. The van der Waals surface area contributed by atoms with Crippen LogP contribution in [0.15, 0.2) is 85.5 Å². The van der Waals surface area contributed by atoms with Crippen LogP contribution in [0.3, 0.4) is 0 Å². The summed E-state index contributed by atoms with van der Waals surface area (Å²) in [5, 5.41) is 0. The van der Waals surface area contributed by atoms with Gasteiger partial charge < -0.3 is 0 Å². The van der Waals surface area contributed by atoms with E-state index in [9.17, 15) is 13.6 Å². The van der Waals surface area contributed by atoms with Crippen molar-refractivity contribution in [1.82, 2.24) is 0 Å². The van der Waals surface area contributed by atoms with E-state index >= 15 is 0 Å². The molecule has 26 heavy (non-hydrogen) atoms. The number of allylic oxidation sites excluding steroid dienone is 1. The number of halogens is 2. The Morgan fingerprint density at radius 1 is 0.923 bits per heavy atom. The molecule has 1 atom stereocenters. The lowest BCUT2D eigenvalue weighted by Crippen LogP contribution is -2.09. The fourth-order valence-corrected chi connectivity index (χ4v) is 2.98. The molecule has 3 rings (SSSR count). The summed E-state index contributed by atoms with van der Waals surface area (Å²) in [7, 11) is 0. The molecule has 0 bridgehead atoms. The van der Waals surface area contributed by atoms with Crippen molar-refractivity contribution in [3.63, 3.8) is 0 Å². The molecule has 0 aliphatic rings. The highest BCUT2D eigenvalue weighted by Gasteiger charge is 2.18. The summed E-state index contributed by atoms with van der Waals surface area (Å²) in [6.45, 7) is 3.88. The summed E-state index contributed by atoms with van der Waals surface area (Å²) in [5.41, 5.74) is 2.44. The molecular formula is C23H18F2O. The van der Waals surface area contributed by atoms with Crippen LogP contribution in [0.2, 0.25) is 0 Å². The average molecular weight is 348 g/mol. The Balaban J connectivity index is 1.96. The molecule has 0 saturated carbocycles. The molecular weight excluding hydrogens is 330 g/mol. The lowest BCUT2D eigenvalue weighted by atomic mass is 9.88. The van der Waals surface area contributed by atoms with Crippen LogP contribution < -0.4 is 0 Å². The first-order chi connectivity index (χ1) is 12.6. The Kier molecular flexibility index (Phi) is 5.37. The minimum Gasteiger partial charge on any atom is -0.289 e. The Morgan fingerprint density at radius 2 is 1.58 bits per heavy atom. The van der Waals surface area contributed by atoms with Gasteiger partial charge in [-0.1, -0.05) is 36.4 Å². The second-order valence-corrected chi connectivity index (χ2v) is 6.09. The molecule has 3 aromatic rings. The average Bonchev–Trinajstić information content (AvgIpc) is 2.67. The van der Waals surface area contributed by atoms with E-state index in [0.717, 1.165) is 5.56 Å². The molecule has 3 aromatic carbocycles. The first kappa shape index (κ1) is 17.7. The summed E-state index contributed by atoms with van der Waals surface area (Å²) in [4.78, 5) is 12.8. The number of carbonyl (C=O) groups excluding carboxylic acids is 1. The molecule has 3 heteroatoms. The van der Waals surface area contributed by atoms with Crippen molar-refractivity contribution < 1.29 is 13.6 Å². The summed E-state index contributed by atoms with van der Waals surface area (Å²) < 4.78 is 27.0. The summed E-state index contributed by atoms with van der Waals surface area (Å²) in [6.07, 6.45) is 2.25. The van der Waals surface area contributed by atoms with E-state index in [1.807, 2.05) is 30.3 Å². The molecule has 0 radical (unpaired) electrons. The Labute approximate surface area is 151 Å². The zero-order chi connectivity index (χ0) is 18.5. The SMILES string of the molecule is C=CC(Cc1cc(F)ccc1C(=O)c1ccc(F)cc1)c1ccccc1. The van der Waals surface area contributed by atoms with E-state index in [1.54, 1.807) is 6.08 Å². The van der Waals surface area contributed by atoms with Gasteiger partial charge in [0.05, 0.1) is 0 Å². The van der Waals surface area contributed by atoms with Gasteiger partial charge in [-0.2, -0.15) is 0 Å². The van der Waals surface area contributed by atoms with Crippen LogP contribution in [-0.2, 0) is 6.42 Å². The monoisotopic (exact) mass is 348 g/mol. The van der Waals surface area contributed by atoms with E-state index in [4.69, 9.17) is 0 Å². The van der Waals surface area contributed by atoms with Gasteiger partial charge in [0.15, 0.2) is 5.78 Å². The number of carbonyl (C=O) groups is 1. The predicted molar refractivity (Wildman–Crippen MR) is 99.3 cm³/mol. The van der Waals surface area contributed by atoms with Crippen molar-refractivity contribution in [3.05, 3.63) is 119 Å². The van der Waals surface area contributed by atoms with Crippen LogP contribution in [-0.4, -0.2) is 5.78 Å². The lowest BCUT2D eigenvalue weighted by Gasteiger charge is -2.16. The molecule has 130 valence electrons. The molecule has 0 N–H and O–H groups in total. The molecule has 0 heterocycles. The maximum atomic E-state index is 13.8. The molecule has 1 nitrogen and oxygen atoms in total. The molecule has 0 aliphatic heterocycles. The number of hydrogen-bond acceptors (Lipinski definition) is 1. The number of hydrogen-bond donors (Lipinski definition) is 0. The first-order valence-electron chi connectivity index (χ1n) is 8.34. The third-order valence-corrected chi connectivity index (χ3v) is 4.37. The van der Waals surface area contributed by atoms with Crippen LogP contribution in [0, 0.1) is 11.6 Å². The summed E-state index contributed by atoms with van der Waals surface area (Å²) in [5.74, 6) is -1.10. The van der Waals surface area contributed by atoms with Gasteiger partial charge in [0.2, 0.25) is 0 Å². The Hall–Kier alpha value is -3.07. The topological polar surface area (TPSA) is 17.1 Å². The highest BCUT2D eigenvalue weighted by atomic mass is 19.1. The molecule has 0 fully saturated rings. The van der Waals surface area contributed by atoms with E-state index in [0.29, 0.717) is 23.1 Å². The Morgan fingerprint density at radius 3 is 2.23 bits per heavy atom. The van der Waals surface area contributed by atoms with Crippen molar-refractivity contribution >= 4 is 5.78 Å². The maximum Gasteiger partial charge on any atom is 0.193 e. The number of benzene rings is 3. The fraction of sp³-hybridized carbons (Fsp3) is 0.0870. The van der Waals surface area contributed by atoms with Crippen LogP contribution in [0.5, 0.6) is 0 Å². The van der Waals surface area contributed by atoms with Crippen LogP contribution >= 0.6 is 0 Å². The summed E-state index contributed by atoms with van der Waals surface area (Å²) >= 11 is 0. The van der Waals surface area contributed by atoms with E-state index in [1.165, 1.54) is 42.5 Å². The van der Waals surface area contributed by atoms with Crippen molar-refractivity contribution in [2.45, 2.75) is 12.3 Å².